The van der Waals surface area contributed by atoms with Crippen LogP contribution in [0.3, 0.4) is 0 Å². The van der Waals surface area contributed by atoms with Gasteiger partial charge in [0, 0.05) is 81.4 Å². The minimum absolute atomic E-state index is 0.00299. The summed E-state index contributed by atoms with van der Waals surface area (Å²) in [6.07, 6.45) is 5.16. The summed E-state index contributed by atoms with van der Waals surface area (Å²) in [6.45, 7) is 14.5. The summed E-state index contributed by atoms with van der Waals surface area (Å²) in [4.78, 5) is 79.0. The van der Waals surface area contributed by atoms with Crippen molar-refractivity contribution in [2.75, 3.05) is 46.9 Å². The molecule has 0 aliphatic carbocycles. The second kappa shape index (κ2) is 20.6. The van der Waals surface area contributed by atoms with Crippen LogP contribution in [0.4, 0.5) is 0 Å². The molecule has 4 aliphatic heterocycles. The minimum Gasteiger partial charge on any atom is -0.508 e. The SMILES string of the molecule is CCn1c(-c2cccnc2[C@H](C)OC)c2c3cc(ccc31)-c1cc(O)cc(c1)C[C@H](NC(=O)C(C(C)C)N(C)C(=O)[C@H]1CCCCN(C(=O)[C@H]3CN3)C1)C(=O)N1CCC[C@H](N1)C(=O)OCC(C)(C)C2. The highest BCUT2D eigenvalue weighted by molar-refractivity contribution is 5.96. The molecule has 2 aromatic heterocycles. The van der Waals surface area contributed by atoms with Crippen molar-refractivity contribution in [2.24, 2.45) is 17.3 Å². The largest absolute Gasteiger partial charge is 0.508 e. The number of nitrogens with zero attached hydrogens (tertiary/aromatic N) is 5. The third-order valence-corrected chi connectivity index (χ3v) is 14.4. The molecular formula is C53H70N8O8. The number of likely N-dealkylation sites (tertiary alicyclic amines) is 1. The lowest BCUT2D eigenvalue weighted by Crippen LogP contribution is -2.62. The number of phenols is 1. The van der Waals surface area contributed by atoms with Gasteiger partial charge in [0.15, 0.2) is 0 Å². The van der Waals surface area contributed by atoms with Crippen molar-refractivity contribution in [3.05, 3.63) is 71.5 Å². The van der Waals surface area contributed by atoms with Crippen molar-refractivity contribution in [2.45, 2.75) is 123 Å². The molecule has 4 aromatic rings. The number of phenolic OH excluding ortho intramolecular Hbond substituents is 1. The lowest BCUT2D eigenvalue weighted by molar-refractivity contribution is -0.155. The number of cyclic esters (lactones) is 1. The second-order valence-corrected chi connectivity index (χ2v) is 20.6. The number of aromatic hydroxyl groups is 1. The van der Waals surface area contributed by atoms with Gasteiger partial charge in [0.05, 0.1) is 36.1 Å². The van der Waals surface area contributed by atoms with Gasteiger partial charge in [-0.1, -0.05) is 46.2 Å². The number of methoxy groups -OCH3 is 1. The molecule has 4 aliphatic rings. The van der Waals surface area contributed by atoms with E-state index in [1.54, 1.807) is 37.4 Å². The topological polar surface area (TPSA) is 198 Å². The Balaban J connectivity index is 1.18. The Morgan fingerprint density at radius 2 is 1.81 bits per heavy atom. The summed E-state index contributed by atoms with van der Waals surface area (Å²) < 4.78 is 14.2. The Hall–Kier alpha value is -5.84. The Kier molecular flexibility index (Phi) is 14.8. The molecule has 1 unspecified atom stereocenters. The number of hydrazine groups is 1. The van der Waals surface area contributed by atoms with Gasteiger partial charge in [0.1, 0.15) is 23.9 Å². The number of carbonyl (C=O) groups is 5. The number of pyridine rings is 1. The van der Waals surface area contributed by atoms with Crippen LogP contribution in [0.5, 0.6) is 5.75 Å². The number of esters is 1. The first-order valence-electron chi connectivity index (χ1n) is 24.8. The lowest BCUT2D eigenvalue weighted by Gasteiger charge is -2.37. The van der Waals surface area contributed by atoms with Gasteiger partial charge in [0.2, 0.25) is 17.7 Å². The number of ether oxygens (including phenoxy) is 2. The van der Waals surface area contributed by atoms with Crippen molar-refractivity contribution < 1.29 is 38.6 Å². The van der Waals surface area contributed by atoms with Crippen molar-refractivity contribution in [1.29, 1.82) is 0 Å². The highest BCUT2D eigenvalue weighted by atomic mass is 16.5. The van der Waals surface area contributed by atoms with Crippen LogP contribution >= 0.6 is 0 Å². The molecule has 0 spiro atoms. The Morgan fingerprint density at radius 1 is 1.03 bits per heavy atom. The van der Waals surface area contributed by atoms with Crippen LogP contribution in [-0.4, -0.2) is 130 Å². The number of rotatable bonds is 10. The molecule has 69 heavy (non-hydrogen) atoms. The second-order valence-electron chi connectivity index (χ2n) is 20.6. The third-order valence-electron chi connectivity index (χ3n) is 14.4. The Labute approximate surface area is 405 Å². The first-order valence-corrected chi connectivity index (χ1v) is 24.8. The van der Waals surface area contributed by atoms with E-state index in [4.69, 9.17) is 14.5 Å². The first-order chi connectivity index (χ1) is 33.0. The van der Waals surface area contributed by atoms with Gasteiger partial charge < -0.3 is 39.6 Å². The van der Waals surface area contributed by atoms with Crippen molar-refractivity contribution in [3.8, 4) is 28.1 Å². The van der Waals surface area contributed by atoms with E-state index in [0.29, 0.717) is 50.9 Å². The van der Waals surface area contributed by atoms with Gasteiger partial charge in [-0.05, 0) is 111 Å². The van der Waals surface area contributed by atoms with Gasteiger partial charge in [-0.15, -0.1) is 0 Å². The van der Waals surface area contributed by atoms with E-state index in [0.717, 1.165) is 57.4 Å². The maximum Gasteiger partial charge on any atom is 0.324 e. The maximum atomic E-state index is 14.8. The molecule has 6 bridgehead atoms. The number of benzene rings is 2. The Morgan fingerprint density at radius 3 is 2.54 bits per heavy atom. The fourth-order valence-corrected chi connectivity index (χ4v) is 10.7. The highest BCUT2D eigenvalue weighted by Gasteiger charge is 2.41. The van der Waals surface area contributed by atoms with Crippen LogP contribution in [0, 0.1) is 17.3 Å². The summed E-state index contributed by atoms with van der Waals surface area (Å²) in [6, 6.07) is 12.4. The summed E-state index contributed by atoms with van der Waals surface area (Å²) in [5.41, 5.74) is 9.59. The minimum atomic E-state index is -1.16. The molecule has 6 atom stereocenters. The first kappa shape index (κ1) is 49.6. The van der Waals surface area contributed by atoms with Crippen LogP contribution in [-0.2, 0) is 52.8 Å². The van der Waals surface area contributed by atoms with Gasteiger partial charge in [-0.2, -0.15) is 0 Å². The van der Waals surface area contributed by atoms with Crippen molar-refractivity contribution in [3.63, 3.8) is 0 Å². The molecule has 16 nitrogen and oxygen atoms in total. The molecule has 3 saturated heterocycles. The number of aryl methyl sites for hydroxylation is 1. The predicted octanol–water partition coefficient (Wildman–Crippen LogP) is 5.54. The van der Waals surface area contributed by atoms with Crippen LogP contribution in [0.1, 0.15) is 96.6 Å². The number of likely N-dealkylation sites (N-methyl/N-ethyl adjacent to an activating group) is 1. The average Bonchev–Trinajstić information content (AvgIpc) is 4.18. The maximum absolute atomic E-state index is 14.8. The summed E-state index contributed by atoms with van der Waals surface area (Å²) >= 11 is 0. The highest BCUT2D eigenvalue weighted by Crippen LogP contribution is 2.42. The fourth-order valence-electron chi connectivity index (χ4n) is 10.7. The zero-order valence-corrected chi connectivity index (χ0v) is 41.5. The van der Waals surface area contributed by atoms with E-state index in [1.807, 2.05) is 39.0 Å². The third kappa shape index (κ3) is 10.7. The van der Waals surface area contributed by atoms with Crippen LogP contribution in [0.2, 0.25) is 0 Å². The molecule has 0 radical (unpaired) electrons. The van der Waals surface area contributed by atoms with Gasteiger partial charge in [-0.25, -0.2) is 5.43 Å². The normalized spacial score (nSPS) is 22.9. The number of nitrogens with one attached hydrogen (secondary N) is 3. The molecule has 4 amide bonds. The molecule has 2 aromatic carbocycles. The molecule has 0 saturated carbocycles. The molecular weight excluding hydrogens is 877 g/mol. The van der Waals surface area contributed by atoms with Crippen LogP contribution < -0.4 is 16.1 Å². The average molecular weight is 947 g/mol. The molecule has 8 rings (SSSR count). The number of carbonyl (C=O) groups excluding carboxylic acids is 5. The van der Waals surface area contributed by atoms with E-state index in [-0.39, 0.29) is 61.7 Å². The van der Waals surface area contributed by atoms with Crippen molar-refractivity contribution >= 4 is 40.5 Å². The van der Waals surface area contributed by atoms with Crippen LogP contribution in [0.15, 0.2) is 54.7 Å². The van der Waals surface area contributed by atoms with Gasteiger partial charge in [0.25, 0.3) is 5.91 Å². The summed E-state index contributed by atoms with van der Waals surface area (Å²) in [5, 5.41) is 19.9. The number of amides is 4. The monoisotopic (exact) mass is 947 g/mol. The van der Waals surface area contributed by atoms with E-state index in [1.165, 1.54) is 9.91 Å². The molecule has 6 heterocycles. The Bertz CT molecular complexity index is 2590. The summed E-state index contributed by atoms with van der Waals surface area (Å²) in [5.74, 6) is -2.50. The predicted molar refractivity (Wildman–Crippen MR) is 262 cm³/mol. The number of hydrogen-bond acceptors (Lipinski definition) is 11. The number of hydrogen-bond donors (Lipinski definition) is 4. The molecule has 370 valence electrons. The zero-order chi connectivity index (χ0) is 49.3. The summed E-state index contributed by atoms with van der Waals surface area (Å²) in [7, 11) is 3.30. The quantitative estimate of drug-likeness (QED) is 0.115. The lowest BCUT2D eigenvalue weighted by atomic mass is 9.84. The van der Waals surface area contributed by atoms with E-state index >= 15 is 0 Å². The van der Waals surface area contributed by atoms with Crippen LogP contribution in [0.25, 0.3) is 33.3 Å². The van der Waals surface area contributed by atoms with E-state index < -0.39 is 47.2 Å². The van der Waals surface area contributed by atoms with Gasteiger partial charge in [-0.3, -0.25) is 34.0 Å². The molecule has 16 heteroatoms. The number of fused-ring (bicyclic) bond motifs is 6. The smallest absolute Gasteiger partial charge is 0.324 e. The fraction of sp³-hybridized carbons (Fsp3) is 0.547. The molecule has 4 N–H and O–H groups in total. The zero-order valence-electron chi connectivity index (χ0n) is 41.5. The van der Waals surface area contributed by atoms with Crippen molar-refractivity contribution in [1.82, 2.24) is 40.4 Å². The van der Waals surface area contributed by atoms with Gasteiger partial charge >= 0.3 is 5.97 Å². The van der Waals surface area contributed by atoms with E-state index in [9.17, 15) is 29.1 Å². The number of aromatic nitrogens is 2. The molecule has 3 fully saturated rings. The standard InChI is InChI=1S/C53H70N8O8/c1-9-60-44-18-17-34-26-39(44)40(47(60)38-15-12-19-54-45(38)32(4)68-8)27-53(5,6)30-69-52(67)41-16-13-21-61(57-41)51(66)42(24-33-22-36(34)25-37(62)23-33)56-48(63)46(31(2)3)58(7)49(64)35-14-10-11-20-59(29-35)50(65)43-28-55-43/h12,15,17-19,22-23,25-26,31-32,35,41-43,46,55,57,62H,9-11,13-14,16,20-21,24,27-30H2,1-8H3,(H,56,63)/t32-,35-,41-,42-,43+,46?/m0/s1. The van der Waals surface area contributed by atoms with E-state index in [2.05, 4.69) is 59.6 Å².